The fourth-order valence-electron chi connectivity index (χ4n) is 1.93. The Morgan fingerprint density at radius 3 is 2.38 bits per heavy atom. The molecule has 0 fully saturated rings. The minimum atomic E-state index is -4.64. The van der Waals surface area contributed by atoms with E-state index in [1.54, 1.807) is 0 Å². The van der Waals surface area contributed by atoms with Crippen LogP contribution in [0.3, 0.4) is 0 Å². The number of ether oxygens (including phenoxy) is 1. The van der Waals surface area contributed by atoms with Gasteiger partial charge in [-0.15, -0.1) is 0 Å². The lowest BCUT2D eigenvalue weighted by molar-refractivity contribution is -0.137. The predicted molar refractivity (Wildman–Crippen MR) is 81.3 cm³/mol. The molecule has 0 saturated heterocycles. The van der Waals surface area contributed by atoms with E-state index in [2.05, 4.69) is 5.32 Å². The molecule has 0 aliphatic heterocycles. The van der Waals surface area contributed by atoms with Crippen molar-refractivity contribution in [1.82, 2.24) is 0 Å². The Labute approximate surface area is 144 Å². The summed E-state index contributed by atoms with van der Waals surface area (Å²) < 4.78 is 69.0. The van der Waals surface area contributed by atoms with Crippen molar-refractivity contribution >= 4 is 17.6 Å². The zero-order valence-electron chi connectivity index (χ0n) is 13.2. The van der Waals surface area contributed by atoms with Gasteiger partial charge in [-0.3, -0.25) is 4.79 Å². The molecule has 4 nitrogen and oxygen atoms in total. The molecule has 0 aromatic heterocycles. The van der Waals surface area contributed by atoms with Gasteiger partial charge in [0.1, 0.15) is 11.6 Å². The van der Waals surface area contributed by atoms with Crippen LogP contribution in [-0.2, 0) is 15.7 Å². The van der Waals surface area contributed by atoms with E-state index < -0.39 is 46.9 Å². The third kappa shape index (κ3) is 4.78. The van der Waals surface area contributed by atoms with Gasteiger partial charge in [-0.2, -0.15) is 13.2 Å². The number of hydrogen-bond donors (Lipinski definition) is 1. The van der Waals surface area contributed by atoms with Gasteiger partial charge in [-0.05, 0) is 37.3 Å². The van der Waals surface area contributed by atoms with E-state index in [4.69, 9.17) is 4.74 Å². The maximum atomic E-state index is 13.5. The van der Waals surface area contributed by atoms with Gasteiger partial charge in [-0.25, -0.2) is 13.6 Å². The fourth-order valence-corrected chi connectivity index (χ4v) is 1.93. The minimum absolute atomic E-state index is 0.335. The average molecular weight is 373 g/mol. The van der Waals surface area contributed by atoms with Crippen molar-refractivity contribution in [2.45, 2.75) is 19.2 Å². The molecule has 0 saturated carbocycles. The standard InChI is InChI=1S/C17H12F5NO3/c1-9(15(24)23-14-6-5-12(18)8-13(14)19)26-16(25)10-3-2-4-11(7-10)17(20,21)22/h2-9H,1H3,(H,23,24). The second-order valence-electron chi connectivity index (χ2n) is 5.24. The Bertz CT molecular complexity index is 835. The summed E-state index contributed by atoms with van der Waals surface area (Å²) in [4.78, 5) is 23.8. The highest BCUT2D eigenvalue weighted by Gasteiger charge is 2.31. The largest absolute Gasteiger partial charge is 0.449 e. The van der Waals surface area contributed by atoms with E-state index in [1.807, 2.05) is 0 Å². The normalized spacial score (nSPS) is 12.4. The predicted octanol–water partition coefficient (Wildman–Crippen LogP) is 4.17. The summed E-state index contributed by atoms with van der Waals surface area (Å²) in [5.74, 6) is -3.96. The molecule has 1 atom stereocenters. The van der Waals surface area contributed by atoms with Crippen LogP contribution in [0.25, 0.3) is 0 Å². The average Bonchev–Trinajstić information content (AvgIpc) is 2.56. The maximum Gasteiger partial charge on any atom is 0.416 e. The molecule has 0 aliphatic carbocycles. The first-order valence-electron chi connectivity index (χ1n) is 7.22. The van der Waals surface area contributed by atoms with Gasteiger partial charge < -0.3 is 10.1 Å². The molecule has 1 amide bonds. The first-order valence-corrected chi connectivity index (χ1v) is 7.22. The van der Waals surface area contributed by atoms with Crippen LogP contribution >= 0.6 is 0 Å². The maximum absolute atomic E-state index is 13.5. The van der Waals surface area contributed by atoms with Crippen molar-refractivity contribution in [2.75, 3.05) is 5.32 Å². The third-order valence-corrected chi connectivity index (χ3v) is 3.27. The van der Waals surface area contributed by atoms with E-state index in [-0.39, 0.29) is 5.69 Å². The molecule has 0 bridgehead atoms. The molecule has 0 heterocycles. The van der Waals surface area contributed by atoms with Gasteiger partial charge in [-0.1, -0.05) is 6.07 Å². The molecule has 1 N–H and O–H groups in total. The Balaban J connectivity index is 2.05. The Morgan fingerprint density at radius 2 is 1.77 bits per heavy atom. The molecule has 1 unspecified atom stereocenters. The zero-order valence-corrected chi connectivity index (χ0v) is 13.2. The van der Waals surface area contributed by atoms with Crippen molar-refractivity contribution in [2.24, 2.45) is 0 Å². The lowest BCUT2D eigenvalue weighted by atomic mass is 10.1. The van der Waals surface area contributed by atoms with Crippen molar-refractivity contribution in [3.05, 3.63) is 65.2 Å². The molecular formula is C17H12F5NO3. The molecule has 0 aliphatic rings. The van der Waals surface area contributed by atoms with E-state index >= 15 is 0 Å². The third-order valence-electron chi connectivity index (χ3n) is 3.27. The van der Waals surface area contributed by atoms with E-state index in [9.17, 15) is 31.5 Å². The number of alkyl halides is 3. The number of anilines is 1. The summed E-state index contributed by atoms with van der Waals surface area (Å²) in [7, 11) is 0. The molecule has 0 spiro atoms. The van der Waals surface area contributed by atoms with E-state index in [0.29, 0.717) is 12.1 Å². The summed E-state index contributed by atoms with van der Waals surface area (Å²) >= 11 is 0. The van der Waals surface area contributed by atoms with Crippen LogP contribution in [-0.4, -0.2) is 18.0 Å². The zero-order chi connectivity index (χ0) is 19.5. The molecule has 26 heavy (non-hydrogen) atoms. The quantitative estimate of drug-likeness (QED) is 0.647. The fraction of sp³-hybridized carbons (Fsp3) is 0.176. The van der Waals surface area contributed by atoms with Crippen LogP contribution < -0.4 is 5.32 Å². The number of rotatable bonds is 4. The molecule has 2 aromatic rings. The van der Waals surface area contributed by atoms with Crippen LogP contribution in [0, 0.1) is 11.6 Å². The SMILES string of the molecule is CC(OC(=O)c1cccc(C(F)(F)F)c1)C(=O)Nc1ccc(F)cc1F. The highest BCUT2D eigenvalue weighted by molar-refractivity contribution is 5.97. The number of carbonyl (C=O) groups is 2. The smallest absolute Gasteiger partial charge is 0.416 e. The van der Waals surface area contributed by atoms with Crippen LogP contribution in [0.1, 0.15) is 22.8 Å². The molecule has 2 rings (SSSR count). The van der Waals surface area contributed by atoms with Crippen molar-refractivity contribution in [3.8, 4) is 0 Å². The highest BCUT2D eigenvalue weighted by Crippen LogP contribution is 2.29. The minimum Gasteiger partial charge on any atom is -0.449 e. The van der Waals surface area contributed by atoms with Crippen molar-refractivity contribution in [3.63, 3.8) is 0 Å². The topological polar surface area (TPSA) is 55.4 Å². The van der Waals surface area contributed by atoms with Gasteiger partial charge >= 0.3 is 12.1 Å². The lowest BCUT2D eigenvalue weighted by Gasteiger charge is -2.14. The van der Waals surface area contributed by atoms with Gasteiger partial charge in [0.15, 0.2) is 6.10 Å². The lowest BCUT2D eigenvalue weighted by Crippen LogP contribution is -2.30. The molecule has 138 valence electrons. The number of nitrogens with one attached hydrogen (secondary N) is 1. The second kappa shape index (κ2) is 7.51. The Hall–Kier alpha value is -2.97. The number of esters is 1. The molecule has 9 heteroatoms. The van der Waals surface area contributed by atoms with E-state index in [0.717, 1.165) is 37.3 Å². The van der Waals surface area contributed by atoms with Gasteiger partial charge in [0.05, 0.1) is 16.8 Å². The van der Waals surface area contributed by atoms with Gasteiger partial charge in [0.25, 0.3) is 5.91 Å². The summed E-state index contributed by atoms with van der Waals surface area (Å²) in [6, 6.07) is 5.94. The summed E-state index contributed by atoms with van der Waals surface area (Å²) in [6.07, 6.45) is -6.07. The van der Waals surface area contributed by atoms with Crippen LogP contribution in [0.5, 0.6) is 0 Å². The van der Waals surface area contributed by atoms with E-state index in [1.165, 1.54) is 0 Å². The van der Waals surface area contributed by atoms with Gasteiger partial charge in [0, 0.05) is 6.07 Å². The van der Waals surface area contributed by atoms with Crippen molar-refractivity contribution < 1.29 is 36.3 Å². The number of hydrogen-bond acceptors (Lipinski definition) is 3. The number of halogens is 5. The number of carbonyl (C=O) groups excluding carboxylic acids is 2. The van der Waals surface area contributed by atoms with Crippen LogP contribution in [0.15, 0.2) is 42.5 Å². The Morgan fingerprint density at radius 1 is 1.08 bits per heavy atom. The molecule has 0 radical (unpaired) electrons. The molecular weight excluding hydrogens is 361 g/mol. The summed E-state index contributed by atoms with van der Waals surface area (Å²) in [5, 5.41) is 2.09. The van der Waals surface area contributed by atoms with Crippen LogP contribution in [0.4, 0.5) is 27.6 Å². The Kier molecular flexibility index (Phi) is 5.59. The van der Waals surface area contributed by atoms with Crippen LogP contribution in [0.2, 0.25) is 0 Å². The summed E-state index contributed by atoms with van der Waals surface area (Å²) in [6.45, 7) is 1.16. The summed E-state index contributed by atoms with van der Waals surface area (Å²) in [5.41, 5.74) is -1.77. The van der Waals surface area contributed by atoms with Gasteiger partial charge in [0.2, 0.25) is 0 Å². The monoisotopic (exact) mass is 373 g/mol. The second-order valence-corrected chi connectivity index (χ2v) is 5.24. The molecule has 2 aromatic carbocycles. The first-order chi connectivity index (χ1) is 12.1. The number of benzene rings is 2. The first kappa shape index (κ1) is 19.4. The number of amides is 1. The van der Waals surface area contributed by atoms with Crippen molar-refractivity contribution in [1.29, 1.82) is 0 Å². The highest BCUT2D eigenvalue weighted by atomic mass is 19.4.